The Bertz CT molecular complexity index is 470. The van der Waals surface area contributed by atoms with Gasteiger partial charge in [0.2, 0.25) is 5.78 Å². The molecule has 1 aromatic rings. The highest BCUT2D eigenvalue weighted by atomic mass is 32.1. The van der Waals surface area contributed by atoms with Gasteiger partial charge in [-0.25, -0.2) is 0 Å². The molecule has 0 bridgehead atoms. The van der Waals surface area contributed by atoms with Crippen molar-refractivity contribution in [1.29, 1.82) is 0 Å². The summed E-state index contributed by atoms with van der Waals surface area (Å²) in [6.45, 7) is -0.166. The van der Waals surface area contributed by atoms with Crippen molar-refractivity contribution >= 4 is 22.9 Å². The van der Waals surface area contributed by atoms with Gasteiger partial charge in [0.25, 0.3) is 0 Å². The standard InChI is InChI=1S/C10H8O4S/c1-14-8-3-7(12)10-6(9(8)13)2-5(4-11)15-10/h2-3,11H,4H2,1H3. The molecule has 0 saturated heterocycles. The number of ketones is 2. The van der Waals surface area contributed by atoms with Gasteiger partial charge in [-0.1, -0.05) is 0 Å². The molecule has 0 radical (unpaired) electrons. The number of fused-ring (bicyclic) bond motifs is 1. The summed E-state index contributed by atoms with van der Waals surface area (Å²) < 4.78 is 4.81. The molecule has 2 rings (SSSR count). The summed E-state index contributed by atoms with van der Waals surface area (Å²) in [5.74, 6) is -0.496. The van der Waals surface area contributed by atoms with E-state index in [4.69, 9.17) is 9.84 Å². The first-order valence-corrected chi connectivity index (χ1v) is 5.07. The van der Waals surface area contributed by atoms with Gasteiger partial charge in [0.1, 0.15) is 0 Å². The van der Waals surface area contributed by atoms with Gasteiger partial charge in [0, 0.05) is 16.5 Å². The summed E-state index contributed by atoms with van der Waals surface area (Å²) >= 11 is 1.14. The van der Waals surface area contributed by atoms with Crippen LogP contribution in [0, 0.1) is 0 Å². The molecule has 0 atom stereocenters. The van der Waals surface area contributed by atoms with Gasteiger partial charge in [-0.15, -0.1) is 11.3 Å². The van der Waals surface area contributed by atoms with Crippen molar-refractivity contribution in [3.05, 3.63) is 33.2 Å². The minimum absolute atomic E-state index is 0.0507. The average molecular weight is 224 g/mol. The smallest absolute Gasteiger partial charge is 0.229 e. The summed E-state index contributed by atoms with van der Waals surface area (Å²) in [7, 11) is 1.35. The zero-order valence-electron chi connectivity index (χ0n) is 7.94. The molecular weight excluding hydrogens is 216 g/mol. The molecule has 1 aliphatic carbocycles. The fourth-order valence-corrected chi connectivity index (χ4v) is 2.33. The second kappa shape index (κ2) is 3.60. The van der Waals surface area contributed by atoms with Crippen molar-refractivity contribution in [1.82, 2.24) is 0 Å². The van der Waals surface area contributed by atoms with E-state index < -0.39 is 0 Å². The van der Waals surface area contributed by atoms with Crippen LogP contribution in [0.15, 0.2) is 17.9 Å². The molecule has 0 aliphatic heterocycles. The van der Waals surface area contributed by atoms with Gasteiger partial charge in [-0.05, 0) is 6.07 Å². The molecule has 0 spiro atoms. The van der Waals surface area contributed by atoms with Crippen molar-refractivity contribution in [3.63, 3.8) is 0 Å². The lowest BCUT2D eigenvalue weighted by Crippen LogP contribution is -2.15. The third-order valence-corrected chi connectivity index (χ3v) is 3.25. The minimum atomic E-state index is -0.303. The number of allylic oxidation sites excluding steroid dienone is 2. The van der Waals surface area contributed by atoms with E-state index in [0.717, 1.165) is 11.3 Å². The second-order valence-corrected chi connectivity index (χ2v) is 4.16. The third kappa shape index (κ3) is 1.49. The summed E-state index contributed by atoms with van der Waals surface area (Å²) in [4.78, 5) is 24.2. The van der Waals surface area contributed by atoms with Crippen molar-refractivity contribution in [2.75, 3.05) is 7.11 Å². The van der Waals surface area contributed by atoms with Gasteiger partial charge in [-0.2, -0.15) is 0 Å². The van der Waals surface area contributed by atoms with E-state index in [1.54, 1.807) is 0 Å². The van der Waals surface area contributed by atoms with Crippen LogP contribution in [0.2, 0.25) is 0 Å². The van der Waals surface area contributed by atoms with Gasteiger partial charge < -0.3 is 9.84 Å². The van der Waals surface area contributed by atoms with Crippen LogP contribution >= 0.6 is 11.3 Å². The number of ether oxygens (including phenoxy) is 1. The van der Waals surface area contributed by atoms with Gasteiger partial charge in [0.15, 0.2) is 11.5 Å². The largest absolute Gasteiger partial charge is 0.492 e. The number of aliphatic hydroxyl groups is 1. The van der Waals surface area contributed by atoms with Crippen molar-refractivity contribution in [2.24, 2.45) is 0 Å². The van der Waals surface area contributed by atoms with E-state index in [2.05, 4.69) is 0 Å². The number of carbonyl (C=O) groups is 2. The molecular formula is C10H8O4S. The summed E-state index contributed by atoms with van der Waals surface area (Å²) in [6, 6.07) is 1.53. The Morgan fingerprint density at radius 1 is 1.47 bits per heavy atom. The monoisotopic (exact) mass is 224 g/mol. The Kier molecular flexibility index (Phi) is 2.42. The highest BCUT2D eigenvalue weighted by Crippen LogP contribution is 2.29. The van der Waals surface area contributed by atoms with Crippen LogP contribution < -0.4 is 0 Å². The number of hydrogen-bond acceptors (Lipinski definition) is 5. The minimum Gasteiger partial charge on any atom is -0.492 e. The number of rotatable bonds is 2. The molecule has 1 heterocycles. The molecule has 1 aliphatic rings. The fraction of sp³-hybridized carbons (Fsp3) is 0.200. The Morgan fingerprint density at radius 3 is 2.80 bits per heavy atom. The lowest BCUT2D eigenvalue weighted by molar-refractivity contribution is 0.0919. The summed E-state index contributed by atoms with van der Waals surface area (Å²) in [5, 5.41) is 8.92. The van der Waals surface area contributed by atoms with Crippen LogP contribution in [-0.2, 0) is 11.3 Å². The molecule has 15 heavy (non-hydrogen) atoms. The number of aliphatic hydroxyl groups excluding tert-OH is 1. The van der Waals surface area contributed by atoms with E-state index in [-0.39, 0.29) is 23.9 Å². The molecule has 0 unspecified atom stereocenters. The van der Waals surface area contributed by atoms with E-state index in [9.17, 15) is 9.59 Å². The molecule has 78 valence electrons. The molecule has 0 saturated carbocycles. The molecule has 1 aromatic heterocycles. The predicted octanol–water partition coefficient (Wildman–Crippen LogP) is 1.15. The Labute approximate surface area is 89.8 Å². The van der Waals surface area contributed by atoms with E-state index in [0.29, 0.717) is 15.3 Å². The lowest BCUT2D eigenvalue weighted by Gasteiger charge is -2.09. The zero-order chi connectivity index (χ0) is 11.0. The molecule has 1 N–H and O–H groups in total. The summed E-state index contributed by atoms with van der Waals surface area (Å²) in [6.07, 6.45) is 1.18. The number of thiophene rings is 1. The Hall–Kier alpha value is -1.46. The van der Waals surface area contributed by atoms with E-state index in [1.165, 1.54) is 19.3 Å². The van der Waals surface area contributed by atoms with Gasteiger partial charge >= 0.3 is 0 Å². The second-order valence-electron chi connectivity index (χ2n) is 3.02. The first-order valence-electron chi connectivity index (χ1n) is 4.25. The Morgan fingerprint density at radius 2 is 2.20 bits per heavy atom. The highest BCUT2D eigenvalue weighted by molar-refractivity contribution is 7.14. The highest BCUT2D eigenvalue weighted by Gasteiger charge is 2.28. The number of hydrogen-bond donors (Lipinski definition) is 1. The number of Topliss-reactive ketones (excluding diaryl/α,β-unsaturated/α-hetero) is 1. The van der Waals surface area contributed by atoms with Crippen LogP contribution in [0.5, 0.6) is 0 Å². The van der Waals surface area contributed by atoms with Crippen LogP contribution in [0.1, 0.15) is 24.9 Å². The molecule has 0 aromatic carbocycles. The molecule has 4 nitrogen and oxygen atoms in total. The third-order valence-electron chi connectivity index (χ3n) is 2.11. The SMILES string of the molecule is COC1=CC(=O)c2sc(CO)cc2C1=O. The van der Waals surface area contributed by atoms with E-state index in [1.807, 2.05) is 0 Å². The number of carbonyl (C=O) groups excluding carboxylic acids is 2. The van der Waals surface area contributed by atoms with Crippen LogP contribution in [0.4, 0.5) is 0 Å². The topological polar surface area (TPSA) is 63.6 Å². The van der Waals surface area contributed by atoms with E-state index >= 15 is 0 Å². The van der Waals surface area contributed by atoms with Crippen LogP contribution in [0.25, 0.3) is 0 Å². The first-order chi connectivity index (χ1) is 7.17. The van der Waals surface area contributed by atoms with Crippen molar-refractivity contribution < 1.29 is 19.4 Å². The predicted molar refractivity (Wildman–Crippen MR) is 54.0 cm³/mol. The van der Waals surface area contributed by atoms with Gasteiger partial charge in [0.05, 0.1) is 18.6 Å². The molecule has 5 heteroatoms. The van der Waals surface area contributed by atoms with Crippen LogP contribution in [-0.4, -0.2) is 23.8 Å². The zero-order valence-corrected chi connectivity index (χ0v) is 8.76. The Balaban J connectivity index is 2.54. The first kappa shape index (κ1) is 10.1. The van der Waals surface area contributed by atoms with Crippen LogP contribution in [0.3, 0.4) is 0 Å². The van der Waals surface area contributed by atoms with Gasteiger partial charge in [-0.3, -0.25) is 9.59 Å². The quantitative estimate of drug-likeness (QED) is 0.818. The lowest BCUT2D eigenvalue weighted by atomic mass is 10.0. The maximum atomic E-state index is 11.7. The van der Waals surface area contributed by atoms with Crippen molar-refractivity contribution in [2.45, 2.75) is 6.61 Å². The number of methoxy groups -OCH3 is 1. The molecule has 0 amide bonds. The fourth-order valence-electron chi connectivity index (χ4n) is 1.41. The molecule has 0 fully saturated rings. The maximum absolute atomic E-state index is 11.7. The maximum Gasteiger partial charge on any atom is 0.229 e. The normalized spacial score (nSPS) is 14.9. The van der Waals surface area contributed by atoms with Crippen molar-refractivity contribution in [3.8, 4) is 0 Å². The summed E-state index contributed by atoms with van der Waals surface area (Å²) in [5.41, 5.74) is 0.327. The average Bonchev–Trinajstić information content (AvgIpc) is 2.68.